The molecule has 0 radical (unpaired) electrons. The Kier molecular flexibility index (Phi) is 1.66. The van der Waals surface area contributed by atoms with Gasteiger partial charge in [-0.05, 0) is 5.56 Å². The topological polar surface area (TPSA) is 106 Å². The Labute approximate surface area is 120 Å². The summed E-state index contributed by atoms with van der Waals surface area (Å²) >= 11 is 0. The fourth-order valence-electron chi connectivity index (χ4n) is 4.50. The zero-order valence-corrected chi connectivity index (χ0v) is 11.1. The minimum Gasteiger partial charge on any atom is -0.327 e. The number of benzene rings is 1. The Morgan fingerprint density at radius 1 is 0.952 bits per heavy atom. The number of fused-ring (bicyclic) bond motifs is 1. The molecular weight excluding hydrogens is 268 g/mol. The fourth-order valence-corrected chi connectivity index (χ4v) is 4.50. The first-order valence-electron chi connectivity index (χ1n) is 6.52. The average Bonchev–Trinajstić information content (AvgIpc) is 2.89. The summed E-state index contributed by atoms with van der Waals surface area (Å²) < 4.78 is 0. The molecule has 1 aromatic rings. The highest BCUT2D eigenvalue weighted by Gasteiger charge is 3.06. The molecule has 3 fully saturated rings. The van der Waals surface area contributed by atoms with Crippen LogP contribution in [0.15, 0.2) is 30.3 Å². The number of piperidine rings is 2. The Bertz CT molecular complexity index is 761. The van der Waals surface area contributed by atoms with Gasteiger partial charge in [0.1, 0.15) is 5.66 Å². The van der Waals surface area contributed by atoms with Crippen LogP contribution in [0.5, 0.6) is 0 Å². The van der Waals surface area contributed by atoms with E-state index in [0.717, 1.165) is 0 Å². The molecule has 1 aliphatic carbocycles. The van der Waals surface area contributed by atoms with Gasteiger partial charge in [-0.2, -0.15) is 10.5 Å². The van der Waals surface area contributed by atoms with E-state index < -0.39 is 33.7 Å². The van der Waals surface area contributed by atoms with Crippen molar-refractivity contribution in [1.29, 1.82) is 10.5 Å². The molecule has 0 spiro atoms. The van der Waals surface area contributed by atoms with Crippen LogP contribution in [-0.2, 0) is 15.3 Å². The fraction of sp³-hybridized carbons (Fsp3) is 0.333. The van der Waals surface area contributed by atoms with Crippen molar-refractivity contribution in [3.63, 3.8) is 0 Å². The van der Waals surface area contributed by atoms with Gasteiger partial charge in [-0.3, -0.25) is 9.59 Å². The van der Waals surface area contributed by atoms with E-state index >= 15 is 0 Å². The molecule has 21 heavy (non-hydrogen) atoms. The molecule has 0 bridgehead atoms. The second kappa shape index (κ2) is 2.91. The third kappa shape index (κ3) is 0.734. The first-order valence-corrected chi connectivity index (χ1v) is 6.52. The quantitative estimate of drug-likeness (QED) is 0.762. The number of carbonyl (C=O) groups is 2. The molecule has 2 N–H and O–H groups in total. The number of nitrogens with zero attached hydrogens (tertiary/aromatic N) is 2. The van der Waals surface area contributed by atoms with E-state index in [0.29, 0.717) is 5.56 Å². The molecule has 0 unspecified atom stereocenters. The summed E-state index contributed by atoms with van der Waals surface area (Å²) in [7, 11) is 0. The second-order valence-corrected chi connectivity index (χ2v) is 5.87. The molecule has 6 nitrogen and oxygen atoms in total. The van der Waals surface area contributed by atoms with E-state index in [1.807, 2.05) is 18.2 Å². The highest BCUT2D eigenvalue weighted by Crippen LogP contribution is 2.88. The van der Waals surface area contributed by atoms with Gasteiger partial charge in [0.05, 0.1) is 17.6 Å². The van der Waals surface area contributed by atoms with Gasteiger partial charge in [0.25, 0.3) is 0 Å². The average molecular weight is 278 g/mol. The standard InChI is InChI=1S/C15H10N4O2/c1-12-13(7-16)10(20)18-15(12,9-5-3-2-4-6-9)19-11(21)14(12,13)8-17/h2-6H,1H3,(H,18,20)(H,19,21)/t12?,13-,14-,15?/m0/s1. The van der Waals surface area contributed by atoms with Crippen molar-refractivity contribution in [2.75, 3.05) is 0 Å². The predicted molar refractivity (Wildman–Crippen MR) is 68.6 cm³/mol. The number of rotatable bonds is 1. The number of carbonyl (C=O) groups excluding carboxylic acids is 2. The molecule has 1 saturated carbocycles. The maximum Gasteiger partial charge on any atom is 0.245 e. The van der Waals surface area contributed by atoms with Gasteiger partial charge in [0, 0.05) is 0 Å². The van der Waals surface area contributed by atoms with Crippen LogP contribution >= 0.6 is 0 Å². The highest BCUT2D eigenvalue weighted by atomic mass is 16.2. The molecule has 2 atom stereocenters. The monoisotopic (exact) mass is 278 g/mol. The first kappa shape index (κ1) is 11.9. The lowest BCUT2D eigenvalue weighted by Gasteiger charge is -2.33. The third-order valence-electron chi connectivity index (χ3n) is 5.58. The summed E-state index contributed by atoms with van der Waals surface area (Å²) in [6, 6.07) is 12.8. The minimum atomic E-state index is -1.62. The van der Waals surface area contributed by atoms with Crippen LogP contribution in [0.4, 0.5) is 0 Å². The normalized spacial score (nSPS) is 45.1. The lowest BCUT2D eigenvalue weighted by atomic mass is 9.82. The van der Waals surface area contributed by atoms with Gasteiger partial charge < -0.3 is 10.6 Å². The van der Waals surface area contributed by atoms with Crippen molar-refractivity contribution in [2.45, 2.75) is 12.6 Å². The largest absolute Gasteiger partial charge is 0.327 e. The van der Waals surface area contributed by atoms with Gasteiger partial charge in [0.2, 0.25) is 11.8 Å². The lowest BCUT2D eigenvalue weighted by molar-refractivity contribution is -0.128. The predicted octanol–water partition coefficient (Wildman–Crippen LogP) is 0.139. The molecule has 2 amide bonds. The summed E-state index contributed by atoms with van der Waals surface area (Å²) in [4.78, 5) is 24.9. The summed E-state index contributed by atoms with van der Waals surface area (Å²) in [6.07, 6.45) is 0. The van der Waals surface area contributed by atoms with E-state index in [9.17, 15) is 20.1 Å². The number of hydrogen-bond donors (Lipinski definition) is 2. The summed E-state index contributed by atoms with van der Waals surface area (Å²) in [6.45, 7) is 1.65. The van der Waals surface area contributed by atoms with Crippen LogP contribution in [0.2, 0.25) is 0 Å². The van der Waals surface area contributed by atoms with Crippen LogP contribution in [-0.4, -0.2) is 11.8 Å². The Balaban J connectivity index is 2.08. The van der Waals surface area contributed by atoms with Crippen molar-refractivity contribution in [1.82, 2.24) is 10.6 Å². The molecule has 2 heterocycles. The minimum absolute atomic E-state index is 0.559. The SMILES string of the molecule is CC12C3(c4ccccc4)NC(=O)[C@]1(C#N)[C@@]2(C#N)C(=O)N3. The third-order valence-corrected chi connectivity index (χ3v) is 5.58. The van der Waals surface area contributed by atoms with E-state index in [1.165, 1.54) is 0 Å². The van der Waals surface area contributed by atoms with E-state index in [4.69, 9.17) is 0 Å². The molecule has 6 heteroatoms. The first-order chi connectivity index (χ1) is 9.98. The smallest absolute Gasteiger partial charge is 0.245 e. The highest BCUT2D eigenvalue weighted by molar-refractivity contribution is 6.13. The Hall–Kier alpha value is -2.86. The molecule has 4 rings (SSSR count). The van der Waals surface area contributed by atoms with E-state index in [1.54, 1.807) is 31.2 Å². The van der Waals surface area contributed by atoms with Gasteiger partial charge in [-0.1, -0.05) is 37.3 Å². The maximum absolute atomic E-state index is 12.4. The lowest BCUT2D eigenvalue weighted by Crippen LogP contribution is -2.54. The zero-order chi connectivity index (χ0) is 15.1. The number of amides is 2. The summed E-state index contributed by atoms with van der Waals surface area (Å²) in [5.41, 5.74) is -4.89. The van der Waals surface area contributed by atoms with E-state index in [-0.39, 0.29) is 0 Å². The molecule has 2 saturated heterocycles. The number of hydrogen-bond acceptors (Lipinski definition) is 4. The second-order valence-electron chi connectivity index (χ2n) is 5.87. The number of nitrogens with one attached hydrogen (secondary N) is 2. The van der Waals surface area contributed by atoms with Crippen molar-refractivity contribution in [2.24, 2.45) is 16.2 Å². The van der Waals surface area contributed by atoms with Crippen molar-refractivity contribution in [3.8, 4) is 12.1 Å². The summed E-state index contributed by atoms with van der Waals surface area (Å²) in [5, 5.41) is 24.6. The van der Waals surface area contributed by atoms with Crippen LogP contribution < -0.4 is 10.6 Å². The van der Waals surface area contributed by atoms with Gasteiger partial charge in [-0.15, -0.1) is 0 Å². The van der Waals surface area contributed by atoms with Crippen LogP contribution in [0.25, 0.3) is 0 Å². The van der Waals surface area contributed by atoms with Gasteiger partial charge in [-0.25, -0.2) is 0 Å². The molecule has 0 aromatic heterocycles. The number of nitriles is 2. The maximum atomic E-state index is 12.4. The van der Waals surface area contributed by atoms with Crippen LogP contribution in [0.1, 0.15) is 12.5 Å². The molecule has 102 valence electrons. The van der Waals surface area contributed by atoms with Crippen LogP contribution in [0.3, 0.4) is 0 Å². The Morgan fingerprint density at radius 2 is 1.43 bits per heavy atom. The molecule has 3 aliphatic rings. The van der Waals surface area contributed by atoms with Crippen molar-refractivity contribution in [3.05, 3.63) is 35.9 Å². The van der Waals surface area contributed by atoms with E-state index in [2.05, 4.69) is 10.6 Å². The zero-order valence-electron chi connectivity index (χ0n) is 11.1. The van der Waals surface area contributed by atoms with Crippen molar-refractivity contribution < 1.29 is 9.59 Å². The molecular formula is C15H10N4O2. The molecule has 2 aliphatic heterocycles. The van der Waals surface area contributed by atoms with Gasteiger partial charge >= 0.3 is 0 Å². The summed E-state index contributed by atoms with van der Waals surface area (Å²) in [5.74, 6) is -1.12. The van der Waals surface area contributed by atoms with Crippen molar-refractivity contribution >= 4 is 11.8 Å². The van der Waals surface area contributed by atoms with Gasteiger partial charge in [0.15, 0.2) is 10.8 Å². The van der Waals surface area contributed by atoms with Crippen LogP contribution in [0, 0.1) is 38.9 Å². The molecule has 1 aromatic carbocycles. The Morgan fingerprint density at radius 3 is 1.86 bits per heavy atom.